The lowest BCUT2D eigenvalue weighted by molar-refractivity contribution is -0.384. The number of benzene rings is 2. The number of nitro benzene ring substituents is 1. The van der Waals surface area contributed by atoms with E-state index in [4.69, 9.17) is 4.74 Å². The van der Waals surface area contributed by atoms with Crippen LogP contribution in [0.2, 0.25) is 0 Å². The van der Waals surface area contributed by atoms with Crippen LogP contribution in [0.5, 0.6) is 5.75 Å². The first-order valence-electron chi connectivity index (χ1n) is 7.54. The van der Waals surface area contributed by atoms with Crippen molar-refractivity contribution in [3.8, 4) is 5.75 Å². The van der Waals surface area contributed by atoms with Crippen molar-refractivity contribution in [1.82, 2.24) is 0 Å². The van der Waals surface area contributed by atoms with Crippen LogP contribution < -0.4 is 15.0 Å². The minimum absolute atomic E-state index is 0.0885. The van der Waals surface area contributed by atoms with E-state index in [1.807, 2.05) is 0 Å². The molecule has 0 radical (unpaired) electrons. The third-order valence-corrected chi connectivity index (χ3v) is 3.90. The number of methoxy groups -OCH3 is 1. The topological polar surface area (TPSA) is 102 Å². The van der Waals surface area contributed by atoms with Gasteiger partial charge in [0.25, 0.3) is 11.6 Å². The van der Waals surface area contributed by atoms with Crippen LogP contribution in [0.3, 0.4) is 0 Å². The molecule has 2 aromatic rings. The van der Waals surface area contributed by atoms with E-state index in [1.165, 1.54) is 36.3 Å². The summed E-state index contributed by atoms with van der Waals surface area (Å²) in [5.74, 6) is 0.0232. The summed E-state index contributed by atoms with van der Waals surface area (Å²) in [5, 5.41) is 13.5. The number of nitrogens with zero attached hydrogens (tertiary/aromatic N) is 2. The summed E-state index contributed by atoms with van der Waals surface area (Å²) in [5.41, 5.74) is 1.25. The standard InChI is InChI=1S/C17H15N3O5/c1-25-13-6-7-15-14(10-13)18-16(21)8-9-19(15)17(22)11-2-4-12(5-3-11)20(23)24/h2-7,10H,8-9H2,1H3,(H,18,21). The molecule has 25 heavy (non-hydrogen) atoms. The van der Waals surface area contributed by atoms with Crippen LogP contribution in [0.15, 0.2) is 42.5 Å². The average Bonchev–Trinajstić information content (AvgIpc) is 2.78. The molecule has 0 saturated carbocycles. The Labute approximate surface area is 143 Å². The Hall–Kier alpha value is -3.42. The van der Waals surface area contributed by atoms with Gasteiger partial charge >= 0.3 is 0 Å². The van der Waals surface area contributed by atoms with E-state index in [0.29, 0.717) is 22.7 Å². The zero-order valence-corrected chi connectivity index (χ0v) is 13.4. The molecule has 1 heterocycles. The quantitative estimate of drug-likeness (QED) is 0.683. The number of hydrogen-bond donors (Lipinski definition) is 1. The molecule has 1 aliphatic heterocycles. The lowest BCUT2D eigenvalue weighted by Crippen LogP contribution is -2.31. The van der Waals surface area contributed by atoms with Crippen LogP contribution in [0.1, 0.15) is 16.8 Å². The van der Waals surface area contributed by atoms with Gasteiger partial charge in [-0.1, -0.05) is 0 Å². The van der Waals surface area contributed by atoms with Gasteiger partial charge in [-0.3, -0.25) is 19.7 Å². The first-order chi connectivity index (χ1) is 12.0. The molecule has 0 saturated heterocycles. The highest BCUT2D eigenvalue weighted by Gasteiger charge is 2.25. The fraction of sp³-hybridized carbons (Fsp3) is 0.176. The number of carbonyl (C=O) groups is 2. The largest absolute Gasteiger partial charge is 0.497 e. The molecule has 2 amide bonds. The maximum atomic E-state index is 12.8. The number of hydrogen-bond acceptors (Lipinski definition) is 5. The normalized spacial score (nSPS) is 13.5. The van der Waals surface area contributed by atoms with E-state index in [-0.39, 0.29) is 30.5 Å². The zero-order valence-electron chi connectivity index (χ0n) is 13.4. The van der Waals surface area contributed by atoms with Crippen molar-refractivity contribution in [2.24, 2.45) is 0 Å². The molecular formula is C17H15N3O5. The number of non-ortho nitro benzene ring substituents is 1. The second-order valence-corrected chi connectivity index (χ2v) is 5.44. The Morgan fingerprint density at radius 2 is 1.96 bits per heavy atom. The van der Waals surface area contributed by atoms with Crippen LogP contribution in [0.25, 0.3) is 0 Å². The minimum atomic E-state index is -0.523. The number of anilines is 2. The number of ether oxygens (including phenoxy) is 1. The summed E-state index contributed by atoms with van der Waals surface area (Å²) >= 11 is 0. The molecule has 128 valence electrons. The molecular weight excluding hydrogens is 326 g/mol. The van der Waals surface area contributed by atoms with Gasteiger partial charge in [0, 0.05) is 36.7 Å². The summed E-state index contributed by atoms with van der Waals surface area (Å²) in [6.45, 7) is 0.209. The Balaban J connectivity index is 1.97. The van der Waals surface area contributed by atoms with Crippen molar-refractivity contribution in [3.63, 3.8) is 0 Å². The number of rotatable bonds is 3. The number of carbonyl (C=O) groups excluding carboxylic acids is 2. The molecule has 0 spiro atoms. The van der Waals surface area contributed by atoms with Gasteiger partial charge in [0.1, 0.15) is 5.75 Å². The van der Waals surface area contributed by atoms with Gasteiger partial charge in [-0.15, -0.1) is 0 Å². The molecule has 0 aliphatic carbocycles. The minimum Gasteiger partial charge on any atom is -0.497 e. The maximum absolute atomic E-state index is 12.8. The van der Waals surface area contributed by atoms with E-state index in [2.05, 4.69) is 5.32 Å². The van der Waals surface area contributed by atoms with Crippen molar-refractivity contribution in [1.29, 1.82) is 0 Å². The molecule has 3 rings (SSSR count). The Morgan fingerprint density at radius 1 is 1.24 bits per heavy atom. The summed E-state index contributed by atoms with van der Waals surface area (Å²) in [4.78, 5) is 36.4. The Morgan fingerprint density at radius 3 is 2.60 bits per heavy atom. The molecule has 0 atom stereocenters. The number of nitro groups is 1. The lowest BCUT2D eigenvalue weighted by Gasteiger charge is -2.22. The van der Waals surface area contributed by atoms with Crippen molar-refractivity contribution in [2.45, 2.75) is 6.42 Å². The summed E-state index contributed by atoms with van der Waals surface area (Å²) < 4.78 is 5.15. The maximum Gasteiger partial charge on any atom is 0.269 e. The smallest absolute Gasteiger partial charge is 0.269 e. The predicted molar refractivity (Wildman–Crippen MR) is 91.0 cm³/mol. The van der Waals surface area contributed by atoms with E-state index in [1.54, 1.807) is 18.2 Å². The molecule has 0 aromatic heterocycles. The van der Waals surface area contributed by atoms with Crippen LogP contribution >= 0.6 is 0 Å². The van der Waals surface area contributed by atoms with Crippen molar-refractivity contribution in [3.05, 3.63) is 58.1 Å². The van der Waals surface area contributed by atoms with Gasteiger partial charge in [0.15, 0.2) is 0 Å². The zero-order chi connectivity index (χ0) is 18.0. The van der Waals surface area contributed by atoms with Crippen molar-refractivity contribution >= 4 is 28.9 Å². The van der Waals surface area contributed by atoms with Gasteiger partial charge in [-0.05, 0) is 24.3 Å². The first kappa shape index (κ1) is 16.4. The lowest BCUT2D eigenvalue weighted by atomic mass is 10.1. The molecule has 0 unspecified atom stereocenters. The molecule has 0 bridgehead atoms. The highest BCUT2D eigenvalue weighted by molar-refractivity contribution is 6.10. The second-order valence-electron chi connectivity index (χ2n) is 5.44. The number of amides is 2. The monoisotopic (exact) mass is 341 g/mol. The van der Waals surface area contributed by atoms with E-state index < -0.39 is 4.92 Å². The van der Waals surface area contributed by atoms with Crippen LogP contribution in [-0.2, 0) is 4.79 Å². The van der Waals surface area contributed by atoms with Gasteiger partial charge in [-0.2, -0.15) is 0 Å². The second kappa shape index (κ2) is 6.60. The first-order valence-corrected chi connectivity index (χ1v) is 7.54. The van der Waals surface area contributed by atoms with Gasteiger partial charge in [-0.25, -0.2) is 0 Å². The number of nitrogens with one attached hydrogen (secondary N) is 1. The molecule has 1 N–H and O–H groups in total. The average molecular weight is 341 g/mol. The third kappa shape index (κ3) is 3.27. The molecule has 8 heteroatoms. The van der Waals surface area contributed by atoms with Crippen LogP contribution in [0, 0.1) is 10.1 Å². The van der Waals surface area contributed by atoms with E-state index in [9.17, 15) is 19.7 Å². The molecule has 8 nitrogen and oxygen atoms in total. The highest BCUT2D eigenvalue weighted by Crippen LogP contribution is 2.33. The van der Waals surface area contributed by atoms with Crippen LogP contribution in [0.4, 0.5) is 17.1 Å². The molecule has 0 fully saturated rings. The van der Waals surface area contributed by atoms with Crippen molar-refractivity contribution in [2.75, 3.05) is 23.9 Å². The fourth-order valence-corrected chi connectivity index (χ4v) is 2.62. The molecule has 2 aromatic carbocycles. The molecule has 1 aliphatic rings. The van der Waals surface area contributed by atoms with Crippen LogP contribution in [-0.4, -0.2) is 30.4 Å². The van der Waals surface area contributed by atoms with E-state index in [0.717, 1.165) is 0 Å². The van der Waals surface area contributed by atoms with Crippen molar-refractivity contribution < 1.29 is 19.2 Å². The SMILES string of the molecule is COc1ccc2c(c1)NC(=O)CCN2C(=O)c1ccc([N+](=O)[O-])cc1. The predicted octanol–water partition coefficient (Wildman–Crippen LogP) is 2.59. The third-order valence-electron chi connectivity index (χ3n) is 3.90. The Bertz CT molecular complexity index is 848. The number of fused-ring (bicyclic) bond motifs is 1. The summed E-state index contributed by atoms with van der Waals surface area (Å²) in [7, 11) is 1.51. The Kier molecular flexibility index (Phi) is 4.34. The van der Waals surface area contributed by atoms with Gasteiger partial charge in [0.05, 0.1) is 23.4 Å². The summed E-state index contributed by atoms with van der Waals surface area (Å²) in [6.07, 6.45) is 0.149. The van der Waals surface area contributed by atoms with Gasteiger partial charge in [0.2, 0.25) is 5.91 Å². The fourth-order valence-electron chi connectivity index (χ4n) is 2.62. The summed E-state index contributed by atoms with van der Waals surface area (Å²) in [6, 6.07) is 10.4. The van der Waals surface area contributed by atoms with E-state index >= 15 is 0 Å². The van der Waals surface area contributed by atoms with Gasteiger partial charge < -0.3 is 15.0 Å². The highest BCUT2D eigenvalue weighted by atomic mass is 16.6.